The largest absolute Gasteiger partial charge is 0.506 e. The molecule has 0 amide bonds. The molecule has 19 heavy (non-hydrogen) atoms. The molecule has 104 valence electrons. The van der Waals surface area contributed by atoms with Crippen molar-refractivity contribution in [2.24, 2.45) is 5.92 Å². The third kappa shape index (κ3) is 2.99. The fourth-order valence-corrected chi connectivity index (χ4v) is 4.13. The third-order valence-electron chi connectivity index (χ3n) is 3.99. The van der Waals surface area contributed by atoms with Gasteiger partial charge >= 0.3 is 0 Å². The Kier molecular flexibility index (Phi) is 4.17. The Morgan fingerprint density at radius 3 is 2.26 bits per heavy atom. The molecule has 2 N–H and O–H groups in total. The molecule has 5 heteroatoms. The van der Waals surface area contributed by atoms with Crippen LogP contribution < -0.4 is 5.32 Å². The van der Waals surface area contributed by atoms with Crippen LogP contribution in [0.15, 0.2) is 21.1 Å². The number of rotatable bonds is 3. The second-order valence-corrected chi connectivity index (χ2v) is 7.11. The molecule has 3 nitrogen and oxygen atoms in total. The molecule has 3 rings (SSSR count). The molecular weight excluding hydrogens is 372 g/mol. The van der Waals surface area contributed by atoms with E-state index < -0.39 is 0 Å². The molecule has 1 heterocycles. The first-order valence-corrected chi connectivity index (χ1v) is 8.38. The normalized spacial score (nSPS) is 22.4. The van der Waals surface area contributed by atoms with Crippen LogP contribution in [0.4, 0.5) is 0 Å². The average Bonchev–Trinajstić information content (AvgIpc) is 3.22. The molecule has 1 aliphatic carbocycles. The second kappa shape index (κ2) is 5.72. The Morgan fingerprint density at radius 1 is 1.16 bits per heavy atom. The Labute approximate surface area is 130 Å². The molecular formula is C14H18Br2N2O. The lowest BCUT2D eigenvalue weighted by molar-refractivity contribution is 0.156. The van der Waals surface area contributed by atoms with Gasteiger partial charge in [-0.1, -0.05) is 0 Å². The van der Waals surface area contributed by atoms with E-state index in [1.54, 1.807) is 0 Å². The summed E-state index contributed by atoms with van der Waals surface area (Å²) in [5.74, 6) is 1.07. The molecule has 0 unspecified atom stereocenters. The number of phenolic OH excluding ortho intramolecular Hbond substituents is 1. The number of nitrogens with zero attached hydrogens (tertiary/aromatic N) is 1. The molecule has 0 radical (unpaired) electrons. The zero-order valence-corrected chi connectivity index (χ0v) is 13.9. The molecule has 1 aromatic carbocycles. The van der Waals surface area contributed by atoms with Crippen molar-refractivity contribution in [2.75, 3.05) is 26.2 Å². The van der Waals surface area contributed by atoms with E-state index >= 15 is 0 Å². The van der Waals surface area contributed by atoms with Gasteiger partial charge in [0.2, 0.25) is 0 Å². The molecule has 1 saturated heterocycles. The SMILES string of the molecule is Oc1c(Br)cc([C@H](C2CC2)N2CCNCC2)cc1Br. The Morgan fingerprint density at radius 2 is 1.74 bits per heavy atom. The molecule has 1 atom stereocenters. The first kappa shape index (κ1) is 13.9. The number of hydrogen-bond acceptors (Lipinski definition) is 3. The van der Waals surface area contributed by atoms with Crippen molar-refractivity contribution in [3.63, 3.8) is 0 Å². The minimum atomic E-state index is 0.290. The number of piperazine rings is 1. The van der Waals surface area contributed by atoms with E-state index in [2.05, 4.69) is 54.2 Å². The summed E-state index contributed by atoms with van der Waals surface area (Å²) in [7, 11) is 0. The number of aromatic hydroxyl groups is 1. The van der Waals surface area contributed by atoms with E-state index in [9.17, 15) is 5.11 Å². The second-order valence-electron chi connectivity index (χ2n) is 5.40. The summed E-state index contributed by atoms with van der Waals surface area (Å²) >= 11 is 6.90. The zero-order valence-electron chi connectivity index (χ0n) is 10.7. The van der Waals surface area contributed by atoms with E-state index in [4.69, 9.17) is 0 Å². The Bertz CT molecular complexity index is 448. The minimum absolute atomic E-state index is 0.290. The number of hydrogen-bond donors (Lipinski definition) is 2. The Balaban J connectivity index is 1.91. The van der Waals surface area contributed by atoms with Crippen LogP contribution in [0.25, 0.3) is 0 Å². The average molecular weight is 390 g/mol. The lowest BCUT2D eigenvalue weighted by Gasteiger charge is -2.35. The van der Waals surface area contributed by atoms with Gasteiger partial charge in [0.25, 0.3) is 0 Å². The van der Waals surface area contributed by atoms with Crippen molar-refractivity contribution in [1.82, 2.24) is 10.2 Å². The molecule has 0 spiro atoms. The maximum atomic E-state index is 9.86. The topological polar surface area (TPSA) is 35.5 Å². The van der Waals surface area contributed by atoms with E-state index in [1.807, 2.05) is 0 Å². The number of benzene rings is 1. The number of phenols is 1. The monoisotopic (exact) mass is 388 g/mol. The van der Waals surface area contributed by atoms with Gasteiger partial charge in [-0.3, -0.25) is 4.90 Å². The molecule has 1 saturated carbocycles. The van der Waals surface area contributed by atoms with Crippen LogP contribution >= 0.6 is 31.9 Å². The molecule has 2 aliphatic rings. The van der Waals surface area contributed by atoms with Crippen molar-refractivity contribution in [3.8, 4) is 5.75 Å². The van der Waals surface area contributed by atoms with Crippen LogP contribution in [0.3, 0.4) is 0 Å². The summed E-state index contributed by atoms with van der Waals surface area (Å²) in [6.07, 6.45) is 2.65. The van der Waals surface area contributed by atoms with Gasteiger partial charge in [0, 0.05) is 32.2 Å². The minimum Gasteiger partial charge on any atom is -0.506 e. The fourth-order valence-electron chi connectivity index (χ4n) is 2.91. The maximum Gasteiger partial charge on any atom is 0.143 e. The van der Waals surface area contributed by atoms with Gasteiger partial charge in [0.15, 0.2) is 0 Å². The molecule has 1 aromatic rings. The lowest BCUT2D eigenvalue weighted by Crippen LogP contribution is -2.45. The van der Waals surface area contributed by atoms with Crippen molar-refractivity contribution >= 4 is 31.9 Å². The highest BCUT2D eigenvalue weighted by molar-refractivity contribution is 9.11. The van der Waals surface area contributed by atoms with E-state index in [1.165, 1.54) is 18.4 Å². The quantitative estimate of drug-likeness (QED) is 0.832. The summed E-state index contributed by atoms with van der Waals surface area (Å²) in [5.41, 5.74) is 1.31. The molecule has 0 aromatic heterocycles. The fraction of sp³-hybridized carbons (Fsp3) is 0.571. The summed E-state index contributed by atoms with van der Waals surface area (Å²) in [6.45, 7) is 4.36. The first-order chi connectivity index (χ1) is 9.16. The predicted octanol–water partition coefficient (Wildman–Crippen LogP) is 3.27. The number of halogens is 2. The van der Waals surface area contributed by atoms with E-state index in [0.29, 0.717) is 11.8 Å². The van der Waals surface area contributed by atoms with Crippen LogP contribution in [0.2, 0.25) is 0 Å². The van der Waals surface area contributed by atoms with Crippen molar-refractivity contribution in [1.29, 1.82) is 0 Å². The smallest absolute Gasteiger partial charge is 0.143 e. The van der Waals surface area contributed by atoms with Crippen LogP contribution in [0, 0.1) is 5.92 Å². The van der Waals surface area contributed by atoms with Gasteiger partial charge in [-0.25, -0.2) is 0 Å². The zero-order chi connectivity index (χ0) is 13.4. The summed E-state index contributed by atoms with van der Waals surface area (Å²) in [4.78, 5) is 2.58. The molecule has 1 aliphatic heterocycles. The maximum absolute atomic E-state index is 9.86. The highest BCUT2D eigenvalue weighted by atomic mass is 79.9. The predicted molar refractivity (Wildman–Crippen MR) is 83.4 cm³/mol. The summed E-state index contributed by atoms with van der Waals surface area (Å²) in [5, 5.41) is 13.3. The van der Waals surface area contributed by atoms with Crippen molar-refractivity contribution < 1.29 is 5.11 Å². The number of nitrogens with one attached hydrogen (secondary N) is 1. The first-order valence-electron chi connectivity index (χ1n) is 6.79. The standard InChI is InChI=1S/C14H18Br2N2O/c15-11-7-10(8-12(16)14(11)19)13(9-1-2-9)18-5-3-17-4-6-18/h7-9,13,17,19H,1-6H2/t13-/m0/s1. The molecule has 2 fully saturated rings. The highest BCUT2D eigenvalue weighted by Crippen LogP contribution is 2.47. The van der Waals surface area contributed by atoms with Crippen LogP contribution in [0.1, 0.15) is 24.4 Å². The van der Waals surface area contributed by atoms with Gasteiger partial charge in [-0.15, -0.1) is 0 Å². The van der Waals surface area contributed by atoms with Gasteiger partial charge in [-0.05, 0) is 68.3 Å². The van der Waals surface area contributed by atoms with E-state index in [0.717, 1.165) is 41.0 Å². The summed E-state index contributed by atoms with van der Waals surface area (Å²) in [6, 6.07) is 4.64. The lowest BCUT2D eigenvalue weighted by atomic mass is 9.99. The van der Waals surface area contributed by atoms with Gasteiger partial charge in [0.05, 0.1) is 8.95 Å². The van der Waals surface area contributed by atoms with Gasteiger partial charge in [0.1, 0.15) is 5.75 Å². The van der Waals surface area contributed by atoms with Gasteiger partial charge < -0.3 is 10.4 Å². The highest BCUT2D eigenvalue weighted by Gasteiger charge is 2.37. The van der Waals surface area contributed by atoms with Crippen LogP contribution in [-0.4, -0.2) is 36.2 Å². The van der Waals surface area contributed by atoms with Crippen molar-refractivity contribution in [2.45, 2.75) is 18.9 Å². The van der Waals surface area contributed by atoms with Crippen LogP contribution in [0.5, 0.6) is 5.75 Å². The Hall–Kier alpha value is -0.100. The molecule has 0 bridgehead atoms. The third-order valence-corrected chi connectivity index (χ3v) is 5.20. The van der Waals surface area contributed by atoms with Gasteiger partial charge in [-0.2, -0.15) is 0 Å². The summed E-state index contributed by atoms with van der Waals surface area (Å²) < 4.78 is 1.55. The van der Waals surface area contributed by atoms with Crippen molar-refractivity contribution in [3.05, 3.63) is 26.6 Å². The van der Waals surface area contributed by atoms with E-state index in [-0.39, 0.29) is 0 Å². The van der Waals surface area contributed by atoms with Crippen LogP contribution in [-0.2, 0) is 0 Å².